The Morgan fingerprint density at radius 3 is 2.86 bits per heavy atom. The number of nitrogens with one attached hydrogen (secondary N) is 2. The van der Waals surface area contributed by atoms with Gasteiger partial charge in [-0.3, -0.25) is 4.79 Å². The molecule has 0 spiro atoms. The maximum atomic E-state index is 13.9. The standard InChI is InChI=1S/C13H16ClFN2O4S/c1-22(19,20)17-13(18)9-5-10(14)12(6-11(9)15)21-7-8-3-2-4-16-8/h5-6,8,16H,2-4,7H2,1H3,(H,17,18)/t8-/m1/s1. The number of carbonyl (C=O) groups is 1. The van der Waals surface area contributed by atoms with Gasteiger partial charge in [0, 0.05) is 12.1 Å². The first-order valence-electron chi connectivity index (χ1n) is 6.63. The molecule has 1 aromatic carbocycles. The van der Waals surface area contributed by atoms with Gasteiger partial charge in [-0.25, -0.2) is 17.5 Å². The number of hydrogen-bond acceptors (Lipinski definition) is 5. The van der Waals surface area contributed by atoms with Gasteiger partial charge in [0.25, 0.3) is 5.91 Å². The average Bonchev–Trinajstić information content (AvgIpc) is 2.90. The molecule has 1 atom stereocenters. The minimum absolute atomic E-state index is 0.0399. The molecule has 0 radical (unpaired) electrons. The molecule has 0 aliphatic carbocycles. The summed E-state index contributed by atoms with van der Waals surface area (Å²) in [6.45, 7) is 1.26. The number of sulfonamides is 1. The third kappa shape index (κ3) is 4.56. The second-order valence-electron chi connectivity index (χ2n) is 5.07. The van der Waals surface area contributed by atoms with Gasteiger partial charge in [0.05, 0.1) is 16.8 Å². The Labute approximate surface area is 133 Å². The van der Waals surface area contributed by atoms with Crippen LogP contribution in [-0.4, -0.2) is 39.8 Å². The Kier molecular flexibility index (Phi) is 5.25. The number of benzene rings is 1. The summed E-state index contributed by atoms with van der Waals surface area (Å²) in [6, 6.07) is 2.22. The van der Waals surface area contributed by atoms with Crippen LogP contribution in [0, 0.1) is 5.82 Å². The van der Waals surface area contributed by atoms with Crippen molar-refractivity contribution in [3.8, 4) is 5.75 Å². The van der Waals surface area contributed by atoms with E-state index in [0.29, 0.717) is 6.61 Å². The van der Waals surface area contributed by atoms with Crippen molar-refractivity contribution in [2.45, 2.75) is 18.9 Å². The smallest absolute Gasteiger partial charge is 0.267 e. The molecule has 1 heterocycles. The summed E-state index contributed by atoms with van der Waals surface area (Å²) in [6.07, 6.45) is 2.83. The lowest BCUT2D eigenvalue weighted by molar-refractivity contribution is 0.0977. The van der Waals surface area contributed by atoms with Crippen molar-refractivity contribution < 1.29 is 22.3 Å². The van der Waals surface area contributed by atoms with E-state index >= 15 is 0 Å². The quantitative estimate of drug-likeness (QED) is 0.836. The third-order valence-corrected chi connectivity index (χ3v) is 4.00. The van der Waals surface area contributed by atoms with Crippen LogP contribution in [0.15, 0.2) is 12.1 Å². The van der Waals surface area contributed by atoms with Gasteiger partial charge in [0.15, 0.2) is 0 Å². The maximum absolute atomic E-state index is 13.9. The number of halogens is 2. The fourth-order valence-corrected chi connectivity index (χ4v) is 2.79. The van der Waals surface area contributed by atoms with E-state index in [0.717, 1.165) is 37.8 Å². The van der Waals surface area contributed by atoms with Gasteiger partial charge < -0.3 is 10.1 Å². The molecule has 1 saturated heterocycles. The van der Waals surface area contributed by atoms with E-state index < -0.39 is 27.3 Å². The zero-order chi connectivity index (χ0) is 16.3. The zero-order valence-electron chi connectivity index (χ0n) is 11.9. The van der Waals surface area contributed by atoms with Crippen molar-refractivity contribution in [2.75, 3.05) is 19.4 Å². The lowest BCUT2D eigenvalue weighted by Crippen LogP contribution is -2.30. The van der Waals surface area contributed by atoms with E-state index in [1.807, 2.05) is 0 Å². The summed E-state index contributed by atoms with van der Waals surface area (Å²) in [4.78, 5) is 11.7. The summed E-state index contributed by atoms with van der Waals surface area (Å²) < 4.78 is 43.1. The molecule has 0 aromatic heterocycles. The summed E-state index contributed by atoms with van der Waals surface area (Å²) in [7, 11) is -3.78. The van der Waals surface area contributed by atoms with Crippen molar-refractivity contribution in [1.82, 2.24) is 10.0 Å². The van der Waals surface area contributed by atoms with Crippen LogP contribution >= 0.6 is 11.6 Å². The second kappa shape index (κ2) is 6.80. The lowest BCUT2D eigenvalue weighted by Gasteiger charge is -2.14. The summed E-state index contributed by atoms with van der Waals surface area (Å²) in [5.41, 5.74) is -0.457. The monoisotopic (exact) mass is 350 g/mol. The number of rotatable bonds is 5. The van der Waals surface area contributed by atoms with Crippen LogP contribution < -0.4 is 14.8 Å². The second-order valence-corrected chi connectivity index (χ2v) is 7.23. The van der Waals surface area contributed by atoms with Crippen LogP contribution in [0.5, 0.6) is 5.75 Å². The zero-order valence-corrected chi connectivity index (χ0v) is 13.4. The van der Waals surface area contributed by atoms with Crippen LogP contribution in [0.1, 0.15) is 23.2 Å². The molecule has 1 fully saturated rings. The largest absolute Gasteiger partial charge is 0.490 e. The van der Waals surface area contributed by atoms with Crippen LogP contribution in [0.2, 0.25) is 5.02 Å². The molecule has 1 aliphatic heterocycles. The van der Waals surface area contributed by atoms with Gasteiger partial charge in [-0.1, -0.05) is 11.6 Å². The van der Waals surface area contributed by atoms with E-state index in [1.165, 1.54) is 0 Å². The van der Waals surface area contributed by atoms with Crippen molar-refractivity contribution in [1.29, 1.82) is 0 Å². The average molecular weight is 351 g/mol. The van der Waals surface area contributed by atoms with E-state index in [-0.39, 0.29) is 16.8 Å². The van der Waals surface area contributed by atoms with E-state index in [4.69, 9.17) is 16.3 Å². The van der Waals surface area contributed by atoms with Gasteiger partial charge in [0.2, 0.25) is 10.0 Å². The molecule has 22 heavy (non-hydrogen) atoms. The van der Waals surface area contributed by atoms with E-state index in [1.54, 1.807) is 4.72 Å². The van der Waals surface area contributed by atoms with E-state index in [9.17, 15) is 17.6 Å². The predicted molar refractivity (Wildman–Crippen MR) is 80.2 cm³/mol. The fourth-order valence-electron chi connectivity index (χ4n) is 2.13. The highest BCUT2D eigenvalue weighted by atomic mass is 35.5. The highest BCUT2D eigenvalue weighted by molar-refractivity contribution is 7.89. The van der Waals surface area contributed by atoms with Crippen LogP contribution in [0.4, 0.5) is 4.39 Å². The molecule has 122 valence electrons. The van der Waals surface area contributed by atoms with Gasteiger partial charge >= 0.3 is 0 Å². The van der Waals surface area contributed by atoms with Crippen LogP contribution in [0.3, 0.4) is 0 Å². The topological polar surface area (TPSA) is 84.5 Å². The Hall–Kier alpha value is -1.38. The summed E-state index contributed by atoms with van der Waals surface area (Å²) >= 11 is 5.96. The van der Waals surface area contributed by atoms with Crippen LogP contribution in [0.25, 0.3) is 0 Å². The first kappa shape index (κ1) is 17.0. The van der Waals surface area contributed by atoms with Gasteiger partial charge in [-0.15, -0.1) is 0 Å². The SMILES string of the molecule is CS(=O)(=O)NC(=O)c1cc(Cl)c(OC[C@H]2CCCN2)cc1F. The molecular weight excluding hydrogens is 335 g/mol. The molecule has 2 N–H and O–H groups in total. The molecule has 1 amide bonds. The Morgan fingerprint density at radius 2 is 2.27 bits per heavy atom. The molecular formula is C13H16ClFN2O4S. The highest BCUT2D eigenvalue weighted by Gasteiger charge is 2.20. The minimum Gasteiger partial charge on any atom is -0.490 e. The third-order valence-electron chi connectivity index (χ3n) is 3.15. The molecule has 0 unspecified atom stereocenters. The number of amides is 1. The molecule has 1 aliphatic rings. The molecule has 0 saturated carbocycles. The number of carbonyl (C=O) groups excluding carboxylic acids is 1. The van der Waals surface area contributed by atoms with Crippen molar-refractivity contribution in [3.05, 3.63) is 28.5 Å². The van der Waals surface area contributed by atoms with Gasteiger partial charge in [-0.2, -0.15) is 0 Å². The fraction of sp³-hybridized carbons (Fsp3) is 0.462. The Balaban J connectivity index is 2.11. The Bertz CT molecular complexity index is 675. The van der Waals surface area contributed by atoms with Crippen molar-refractivity contribution in [3.63, 3.8) is 0 Å². The molecule has 6 nitrogen and oxygen atoms in total. The molecule has 0 bridgehead atoms. The minimum atomic E-state index is -3.78. The molecule has 2 rings (SSSR count). The van der Waals surface area contributed by atoms with E-state index in [2.05, 4.69) is 5.32 Å². The summed E-state index contributed by atoms with van der Waals surface area (Å²) in [5.74, 6) is -1.87. The Morgan fingerprint density at radius 1 is 1.55 bits per heavy atom. The maximum Gasteiger partial charge on any atom is 0.267 e. The first-order chi connectivity index (χ1) is 10.3. The number of hydrogen-bond donors (Lipinski definition) is 2. The van der Waals surface area contributed by atoms with Gasteiger partial charge in [-0.05, 0) is 25.5 Å². The normalized spacial score (nSPS) is 18.2. The molecule has 9 heteroatoms. The lowest BCUT2D eigenvalue weighted by atomic mass is 10.2. The summed E-state index contributed by atoms with van der Waals surface area (Å²) in [5, 5.41) is 3.26. The first-order valence-corrected chi connectivity index (χ1v) is 8.90. The molecule has 1 aromatic rings. The van der Waals surface area contributed by atoms with Crippen molar-refractivity contribution in [2.24, 2.45) is 0 Å². The van der Waals surface area contributed by atoms with Crippen LogP contribution in [-0.2, 0) is 10.0 Å². The highest BCUT2D eigenvalue weighted by Crippen LogP contribution is 2.28. The van der Waals surface area contributed by atoms with Gasteiger partial charge in [0.1, 0.15) is 18.2 Å². The number of ether oxygens (including phenoxy) is 1. The predicted octanol–water partition coefficient (Wildman–Crippen LogP) is 1.30. The van der Waals surface area contributed by atoms with Crippen molar-refractivity contribution >= 4 is 27.5 Å².